The SMILES string of the molecule is CC(=O)Nc1ccc(OCC2CSC(CSCC(=O)O)O2)cc1. The third-order valence-electron chi connectivity index (χ3n) is 2.90. The van der Waals surface area contributed by atoms with Gasteiger partial charge >= 0.3 is 5.97 Å². The summed E-state index contributed by atoms with van der Waals surface area (Å²) in [7, 11) is 0. The summed E-state index contributed by atoms with van der Waals surface area (Å²) in [6, 6.07) is 7.17. The summed E-state index contributed by atoms with van der Waals surface area (Å²) in [5.74, 6) is 1.41. The first kappa shape index (κ1) is 18.0. The quantitative estimate of drug-likeness (QED) is 0.738. The number of hydrogen-bond acceptors (Lipinski definition) is 6. The second-order valence-electron chi connectivity index (χ2n) is 4.95. The molecule has 1 heterocycles. The number of carboxylic acids is 1. The number of thioether (sulfide) groups is 2. The van der Waals surface area contributed by atoms with Gasteiger partial charge in [-0.1, -0.05) is 0 Å². The summed E-state index contributed by atoms with van der Waals surface area (Å²) in [6.07, 6.45) is 0.00505. The number of aliphatic carboxylic acids is 1. The average molecular weight is 357 g/mol. The number of rotatable bonds is 8. The molecule has 1 amide bonds. The molecule has 0 radical (unpaired) electrons. The third-order valence-corrected chi connectivity index (χ3v) is 5.32. The van der Waals surface area contributed by atoms with Gasteiger partial charge in [-0.3, -0.25) is 9.59 Å². The first-order chi connectivity index (χ1) is 11.0. The zero-order valence-electron chi connectivity index (χ0n) is 12.7. The lowest BCUT2D eigenvalue weighted by molar-refractivity contribution is -0.133. The molecule has 1 aliphatic heterocycles. The Hall–Kier alpha value is -1.38. The van der Waals surface area contributed by atoms with Gasteiger partial charge in [0.2, 0.25) is 5.91 Å². The van der Waals surface area contributed by atoms with Crippen LogP contribution in [0, 0.1) is 0 Å². The number of carboxylic acid groups (broad SMARTS) is 1. The molecular formula is C15H19NO5S2. The van der Waals surface area contributed by atoms with Crippen molar-refractivity contribution in [1.29, 1.82) is 0 Å². The highest BCUT2D eigenvalue weighted by atomic mass is 32.2. The molecule has 1 aliphatic rings. The lowest BCUT2D eigenvalue weighted by Crippen LogP contribution is -2.21. The fourth-order valence-corrected chi connectivity index (χ4v) is 4.03. The van der Waals surface area contributed by atoms with Gasteiger partial charge in [-0.2, -0.15) is 0 Å². The Labute approximate surface area is 143 Å². The molecule has 0 saturated carbocycles. The van der Waals surface area contributed by atoms with E-state index in [9.17, 15) is 9.59 Å². The van der Waals surface area contributed by atoms with Crippen molar-refractivity contribution < 1.29 is 24.2 Å². The van der Waals surface area contributed by atoms with E-state index in [1.807, 2.05) is 0 Å². The fourth-order valence-electron chi connectivity index (χ4n) is 1.95. The van der Waals surface area contributed by atoms with Crippen LogP contribution in [0.15, 0.2) is 24.3 Å². The minimum absolute atomic E-state index is 0.00505. The van der Waals surface area contributed by atoms with E-state index < -0.39 is 5.97 Å². The van der Waals surface area contributed by atoms with E-state index in [2.05, 4.69) is 5.32 Å². The lowest BCUT2D eigenvalue weighted by atomic mass is 10.3. The molecule has 126 valence electrons. The van der Waals surface area contributed by atoms with Gasteiger partial charge in [0.25, 0.3) is 0 Å². The zero-order valence-corrected chi connectivity index (χ0v) is 14.3. The van der Waals surface area contributed by atoms with Gasteiger partial charge in [0, 0.05) is 24.1 Å². The molecule has 2 rings (SSSR count). The van der Waals surface area contributed by atoms with Crippen molar-refractivity contribution in [3.8, 4) is 5.75 Å². The van der Waals surface area contributed by atoms with E-state index >= 15 is 0 Å². The van der Waals surface area contributed by atoms with Crippen molar-refractivity contribution >= 4 is 41.1 Å². The molecule has 2 unspecified atom stereocenters. The van der Waals surface area contributed by atoms with Gasteiger partial charge in [0.05, 0.1) is 5.75 Å². The summed E-state index contributed by atoms with van der Waals surface area (Å²) in [4.78, 5) is 21.4. The number of carbonyl (C=O) groups is 2. The molecule has 0 spiro atoms. The molecule has 6 nitrogen and oxygen atoms in total. The second kappa shape index (κ2) is 9.05. The molecule has 2 N–H and O–H groups in total. The third kappa shape index (κ3) is 6.72. The van der Waals surface area contributed by atoms with E-state index in [1.165, 1.54) is 18.7 Å². The summed E-state index contributed by atoms with van der Waals surface area (Å²) >= 11 is 3.04. The smallest absolute Gasteiger partial charge is 0.313 e. The van der Waals surface area contributed by atoms with Crippen LogP contribution in [0.25, 0.3) is 0 Å². The van der Waals surface area contributed by atoms with Crippen molar-refractivity contribution in [2.24, 2.45) is 0 Å². The Bertz CT molecular complexity index is 537. The summed E-state index contributed by atoms with van der Waals surface area (Å²) in [6.45, 7) is 1.91. The topological polar surface area (TPSA) is 84.9 Å². The standard InChI is InChI=1S/C15H19NO5S2/c1-10(17)16-11-2-4-12(5-3-11)20-6-13-7-23-15(21-13)9-22-8-14(18)19/h2-5,13,15H,6-9H2,1H3,(H,16,17)(H,18,19). The van der Waals surface area contributed by atoms with Crippen molar-refractivity contribution in [3.05, 3.63) is 24.3 Å². The van der Waals surface area contributed by atoms with Crippen molar-refractivity contribution in [2.45, 2.75) is 18.5 Å². The molecule has 8 heteroatoms. The predicted octanol–water partition coefficient (Wildman–Crippen LogP) is 2.30. The minimum Gasteiger partial charge on any atom is -0.491 e. The predicted molar refractivity (Wildman–Crippen MR) is 92.3 cm³/mol. The second-order valence-corrected chi connectivity index (χ2v) is 7.17. The molecule has 0 aliphatic carbocycles. The maximum atomic E-state index is 10.9. The van der Waals surface area contributed by atoms with Crippen molar-refractivity contribution in [2.75, 3.05) is 29.2 Å². The van der Waals surface area contributed by atoms with Crippen molar-refractivity contribution in [3.63, 3.8) is 0 Å². The number of nitrogens with one attached hydrogen (secondary N) is 1. The van der Waals surface area contributed by atoms with E-state index in [0.29, 0.717) is 12.4 Å². The molecule has 1 fully saturated rings. The maximum absolute atomic E-state index is 10.9. The highest BCUT2D eigenvalue weighted by Crippen LogP contribution is 2.28. The number of ether oxygens (including phenoxy) is 2. The van der Waals surface area contributed by atoms with Crippen molar-refractivity contribution in [1.82, 2.24) is 0 Å². The first-order valence-electron chi connectivity index (χ1n) is 7.10. The van der Waals surface area contributed by atoms with Crippen LogP contribution in [0.3, 0.4) is 0 Å². The van der Waals surface area contributed by atoms with Crippen LogP contribution in [-0.2, 0) is 14.3 Å². The zero-order chi connectivity index (χ0) is 16.7. The van der Waals surface area contributed by atoms with Gasteiger partial charge in [-0.05, 0) is 24.3 Å². The summed E-state index contributed by atoms with van der Waals surface area (Å²) in [5, 5.41) is 11.3. The number of amides is 1. The van der Waals surface area contributed by atoms with Crippen LogP contribution in [-0.4, -0.2) is 52.4 Å². The lowest BCUT2D eigenvalue weighted by Gasteiger charge is -2.13. The minimum atomic E-state index is -0.805. The Balaban J connectivity index is 1.68. The molecule has 0 aromatic heterocycles. The van der Waals surface area contributed by atoms with Crippen LogP contribution < -0.4 is 10.1 Å². The number of carbonyl (C=O) groups excluding carboxylic acids is 1. The normalized spacial score (nSPS) is 20.2. The van der Waals surface area contributed by atoms with Gasteiger partial charge in [-0.25, -0.2) is 0 Å². The van der Waals surface area contributed by atoms with E-state index in [4.69, 9.17) is 14.6 Å². The van der Waals surface area contributed by atoms with Gasteiger partial charge < -0.3 is 19.9 Å². The molecule has 23 heavy (non-hydrogen) atoms. The highest BCUT2D eigenvalue weighted by Gasteiger charge is 2.26. The molecule has 1 aromatic carbocycles. The van der Waals surface area contributed by atoms with Crippen LogP contribution in [0.2, 0.25) is 0 Å². The highest BCUT2D eigenvalue weighted by molar-refractivity contribution is 8.03. The van der Waals surface area contributed by atoms with Gasteiger partial charge in [-0.15, -0.1) is 23.5 Å². The van der Waals surface area contributed by atoms with Gasteiger partial charge in [0.15, 0.2) is 0 Å². The number of benzene rings is 1. The molecule has 2 atom stereocenters. The summed E-state index contributed by atoms with van der Waals surface area (Å²) in [5.41, 5.74) is 0.753. The largest absolute Gasteiger partial charge is 0.491 e. The van der Waals surface area contributed by atoms with E-state index in [1.54, 1.807) is 36.0 Å². The van der Waals surface area contributed by atoms with E-state index in [-0.39, 0.29) is 23.2 Å². The Morgan fingerprint density at radius 3 is 2.83 bits per heavy atom. The summed E-state index contributed by atoms with van der Waals surface area (Å²) < 4.78 is 11.5. The Morgan fingerprint density at radius 2 is 2.17 bits per heavy atom. The maximum Gasteiger partial charge on any atom is 0.313 e. The molecule has 1 saturated heterocycles. The monoisotopic (exact) mass is 357 g/mol. The average Bonchev–Trinajstić information content (AvgIpc) is 2.93. The molecule has 0 bridgehead atoms. The Kier molecular flexibility index (Phi) is 7.07. The van der Waals surface area contributed by atoms with Crippen LogP contribution in [0.1, 0.15) is 6.92 Å². The van der Waals surface area contributed by atoms with Crippen LogP contribution in [0.5, 0.6) is 5.75 Å². The van der Waals surface area contributed by atoms with Gasteiger partial charge in [0.1, 0.15) is 23.9 Å². The van der Waals surface area contributed by atoms with Crippen LogP contribution in [0.4, 0.5) is 5.69 Å². The molecule has 1 aromatic rings. The van der Waals surface area contributed by atoms with E-state index in [0.717, 1.165) is 17.2 Å². The first-order valence-corrected chi connectivity index (χ1v) is 9.30. The number of anilines is 1. The molecular weight excluding hydrogens is 338 g/mol. The fraction of sp³-hybridized carbons (Fsp3) is 0.467. The Morgan fingerprint density at radius 1 is 1.43 bits per heavy atom. The van der Waals surface area contributed by atoms with Crippen LogP contribution >= 0.6 is 23.5 Å². The number of hydrogen-bond donors (Lipinski definition) is 2.